The molecule has 0 atom stereocenters. The summed E-state index contributed by atoms with van der Waals surface area (Å²) in [6.45, 7) is 6.28. The molecule has 0 saturated heterocycles. The topological polar surface area (TPSA) is 87.7 Å². The third-order valence-corrected chi connectivity index (χ3v) is 3.41. The molecule has 0 bridgehead atoms. The van der Waals surface area contributed by atoms with Crippen LogP contribution in [-0.4, -0.2) is 42.1 Å². The van der Waals surface area contributed by atoms with Gasteiger partial charge in [-0.2, -0.15) is 10.2 Å². The third kappa shape index (κ3) is 3.48. The fourth-order valence-corrected chi connectivity index (χ4v) is 2.32. The zero-order chi connectivity index (χ0) is 17.1. The van der Waals surface area contributed by atoms with Crippen LogP contribution in [0.3, 0.4) is 0 Å². The van der Waals surface area contributed by atoms with Crippen molar-refractivity contribution in [3.8, 4) is 5.95 Å². The van der Waals surface area contributed by atoms with E-state index in [2.05, 4.69) is 20.2 Å². The van der Waals surface area contributed by atoms with Crippen molar-refractivity contribution in [2.45, 2.75) is 27.3 Å². The fourth-order valence-electron chi connectivity index (χ4n) is 2.32. The van der Waals surface area contributed by atoms with Gasteiger partial charge in [0.2, 0.25) is 0 Å². The summed E-state index contributed by atoms with van der Waals surface area (Å²) < 4.78 is 8.49. The minimum absolute atomic E-state index is 0.241. The van der Waals surface area contributed by atoms with Gasteiger partial charge >= 0.3 is 5.97 Å². The molecule has 0 radical (unpaired) electrons. The van der Waals surface area contributed by atoms with Crippen LogP contribution in [0.15, 0.2) is 30.7 Å². The van der Waals surface area contributed by atoms with Crippen LogP contribution >= 0.6 is 0 Å². The SMILES string of the molecule is Cc1cc(C)nc(-n2cc(C(=O)OCCn3cccn3)c(C)n2)n1. The highest BCUT2D eigenvalue weighted by Crippen LogP contribution is 2.11. The minimum Gasteiger partial charge on any atom is -0.460 e. The quantitative estimate of drug-likeness (QED) is 0.662. The van der Waals surface area contributed by atoms with Crippen LogP contribution < -0.4 is 0 Å². The lowest BCUT2D eigenvalue weighted by Crippen LogP contribution is -2.12. The van der Waals surface area contributed by atoms with Crippen molar-refractivity contribution in [1.29, 1.82) is 0 Å². The van der Waals surface area contributed by atoms with E-state index in [1.165, 1.54) is 4.68 Å². The number of ether oxygens (including phenoxy) is 1. The molecule has 0 fully saturated rings. The second-order valence-corrected chi connectivity index (χ2v) is 5.43. The smallest absolute Gasteiger partial charge is 0.341 e. The van der Waals surface area contributed by atoms with Gasteiger partial charge in [-0.25, -0.2) is 19.4 Å². The van der Waals surface area contributed by atoms with Gasteiger partial charge in [0.15, 0.2) is 0 Å². The first-order valence-corrected chi connectivity index (χ1v) is 7.56. The van der Waals surface area contributed by atoms with Crippen molar-refractivity contribution in [2.75, 3.05) is 6.61 Å². The molecule has 0 spiro atoms. The molecule has 0 amide bonds. The molecule has 8 heteroatoms. The lowest BCUT2D eigenvalue weighted by Gasteiger charge is -2.04. The molecule has 24 heavy (non-hydrogen) atoms. The third-order valence-electron chi connectivity index (χ3n) is 3.41. The van der Waals surface area contributed by atoms with Crippen molar-refractivity contribution >= 4 is 5.97 Å². The Labute approximate surface area is 139 Å². The number of esters is 1. The number of hydrogen-bond acceptors (Lipinski definition) is 6. The summed E-state index contributed by atoms with van der Waals surface area (Å²) in [6, 6.07) is 3.70. The van der Waals surface area contributed by atoms with E-state index >= 15 is 0 Å². The van der Waals surface area contributed by atoms with Gasteiger partial charge in [-0.1, -0.05) is 0 Å². The van der Waals surface area contributed by atoms with Crippen LogP contribution in [-0.2, 0) is 11.3 Å². The summed E-state index contributed by atoms with van der Waals surface area (Å²) in [7, 11) is 0. The lowest BCUT2D eigenvalue weighted by molar-refractivity contribution is 0.0487. The second kappa shape index (κ2) is 6.61. The molecular formula is C16H18N6O2. The number of aryl methyl sites for hydroxylation is 3. The number of carbonyl (C=O) groups is 1. The highest BCUT2D eigenvalue weighted by molar-refractivity contribution is 5.90. The van der Waals surface area contributed by atoms with E-state index in [1.54, 1.807) is 24.0 Å². The Morgan fingerprint density at radius 1 is 1.21 bits per heavy atom. The highest BCUT2D eigenvalue weighted by atomic mass is 16.5. The zero-order valence-corrected chi connectivity index (χ0v) is 13.8. The van der Waals surface area contributed by atoms with Crippen LogP contribution in [0.2, 0.25) is 0 Å². The van der Waals surface area contributed by atoms with Crippen molar-refractivity contribution in [3.63, 3.8) is 0 Å². The van der Waals surface area contributed by atoms with Crippen molar-refractivity contribution in [2.24, 2.45) is 0 Å². The molecule has 0 aliphatic rings. The van der Waals surface area contributed by atoms with Gasteiger partial charge in [-0.05, 0) is 32.9 Å². The second-order valence-electron chi connectivity index (χ2n) is 5.43. The maximum absolute atomic E-state index is 12.2. The van der Waals surface area contributed by atoms with Gasteiger partial charge in [0.1, 0.15) is 12.2 Å². The predicted molar refractivity (Wildman–Crippen MR) is 85.9 cm³/mol. The molecule has 3 heterocycles. The standard InChI is InChI=1S/C16H18N6O2/c1-11-9-12(2)19-16(18-11)22-10-14(13(3)20-22)15(23)24-8-7-21-6-4-5-17-21/h4-6,9-10H,7-8H2,1-3H3. The molecule has 0 aromatic carbocycles. The Kier molecular flexibility index (Phi) is 4.37. The predicted octanol–water partition coefficient (Wildman–Crippen LogP) is 1.64. The van der Waals surface area contributed by atoms with Crippen LogP contribution in [0.25, 0.3) is 5.95 Å². The van der Waals surface area contributed by atoms with Crippen LogP contribution in [0.4, 0.5) is 0 Å². The highest BCUT2D eigenvalue weighted by Gasteiger charge is 2.16. The number of hydrogen-bond donors (Lipinski definition) is 0. The van der Waals surface area contributed by atoms with E-state index in [0.29, 0.717) is 23.8 Å². The number of nitrogens with zero attached hydrogens (tertiary/aromatic N) is 6. The van der Waals surface area contributed by atoms with Gasteiger partial charge in [-0.15, -0.1) is 0 Å². The summed E-state index contributed by atoms with van der Waals surface area (Å²) in [4.78, 5) is 20.9. The van der Waals surface area contributed by atoms with E-state index in [0.717, 1.165) is 11.4 Å². The molecule has 3 rings (SSSR count). The maximum atomic E-state index is 12.2. The van der Waals surface area contributed by atoms with Gasteiger partial charge in [-0.3, -0.25) is 4.68 Å². The Morgan fingerprint density at radius 3 is 2.62 bits per heavy atom. The first-order valence-electron chi connectivity index (χ1n) is 7.56. The maximum Gasteiger partial charge on any atom is 0.341 e. The molecule has 0 saturated carbocycles. The summed E-state index contributed by atoms with van der Waals surface area (Å²) >= 11 is 0. The van der Waals surface area contributed by atoms with E-state index in [9.17, 15) is 4.79 Å². The van der Waals surface area contributed by atoms with Crippen molar-refractivity contribution in [3.05, 3.63) is 53.4 Å². The average Bonchev–Trinajstić information content (AvgIpc) is 3.15. The molecule has 0 aliphatic carbocycles. The lowest BCUT2D eigenvalue weighted by atomic mass is 10.3. The molecule has 3 aromatic rings. The Hall–Kier alpha value is -3.03. The molecule has 0 aliphatic heterocycles. The molecule has 0 unspecified atom stereocenters. The van der Waals surface area contributed by atoms with Crippen LogP contribution in [0, 0.1) is 20.8 Å². The van der Waals surface area contributed by atoms with Crippen LogP contribution in [0.5, 0.6) is 0 Å². The summed E-state index contributed by atoms with van der Waals surface area (Å²) in [5.41, 5.74) is 2.66. The Balaban J connectivity index is 1.72. The summed E-state index contributed by atoms with van der Waals surface area (Å²) in [5, 5.41) is 8.37. The van der Waals surface area contributed by atoms with Crippen LogP contribution in [0.1, 0.15) is 27.4 Å². The number of carbonyl (C=O) groups excluding carboxylic acids is 1. The molecular weight excluding hydrogens is 308 g/mol. The van der Waals surface area contributed by atoms with E-state index in [4.69, 9.17) is 4.74 Å². The Bertz CT molecular complexity index is 833. The number of aromatic nitrogens is 6. The Morgan fingerprint density at radius 2 is 1.96 bits per heavy atom. The minimum atomic E-state index is -0.421. The monoisotopic (exact) mass is 326 g/mol. The van der Waals surface area contributed by atoms with Crippen molar-refractivity contribution in [1.82, 2.24) is 29.5 Å². The van der Waals surface area contributed by atoms with E-state index in [-0.39, 0.29) is 6.61 Å². The normalized spacial score (nSPS) is 10.8. The zero-order valence-electron chi connectivity index (χ0n) is 13.8. The first-order chi connectivity index (χ1) is 11.5. The average molecular weight is 326 g/mol. The van der Waals surface area contributed by atoms with Gasteiger partial charge < -0.3 is 4.74 Å². The fraction of sp³-hybridized carbons (Fsp3) is 0.312. The molecule has 8 nitrogen and oxygen atoms in total. The molecule has 3 aromatic heterocycles. The van der Waals surface area contributed by atoms with Gasteiger partial charge in [0.05, 0.1) is 12.2 Å². The van der Waals surface area contributed by atoms with Gasteiger partial charge in [0.25, 0.3) is 5.95 Å². The number of rotatable bonds is 5. The van der Waals surface area contributed by atoms with E-state index in [1.807, 2.05) is 32.2 Å². The molecule has 124 valence electrons. The first kappa shape index (κ1) is 15.9. The summed E-state index contributed by atoms with van der Waals surface area (Å²) in [6.07, 6.45) is 5.09. The summed E-state index contributed by atoms with van der Waals surface area (Å²) in [5.74, 6) is 0.0153. The largest absolute Gasteiger partial charge is 0.460 e. The van der Waals surface area contributed by atoms with E-state index < -0.39 is 5.97 Å². The van der Waals surface area contributed by atoms with Gasteiger partial charge in [0, 0.05) is 30.0 Å². The van der Waals surface area contributed by atoms with Crippen molar-refractivity contribution < 1.29 is 9.53 Å². The molecule has 0 N–H and O–H groups in total.